The Morgan fingerprint density at radius 1 is 1.20 bits per heavy atom. The van der Waals surface area contributed by atoms with Crippen LogP contribution < -0.4 is 10.1 Å². The lowest BCUT2D eigenvalue weighted by atomic mass is 10.1. The molecule has 1 amide bonds. The number of rotatable bonds is 5. The third-order valence-corrected chi connectivity index (χ3v) is 3.78. The van der Waals surface area contributed by atoms with E-state index in [1.165, 1.54) is 0 Å². The highest BCUT2D eigenvalue weighted by Crippen LogP contribution is 2.24. The predicted molar refractivity (Wildman–Crippen MR) is 94.6 cm³/mol. The zero-order valence-electron chi connectivity index (χ0n) is 13.7. The average molecular weight is 358 g/mol. The van der Waals surface area contributed by atoms with Crippen LogP contribution >= 0.6 is 11.6 Å². The summed E-state index contributed by atoms with van der Waals surface area (Å²) in [4.78, 5) is 16.4. The number of nitrogens with one attached hydrogen (secondary N) is 1. The number of anilines is 1. The maximum Gasteiger partial charge on any atom is 0.270 e. The first-order valence-electron chi connectivity index (χ1n) is 7.66. The molecule has 0 aliphatic rings. The van der Waals surface area contributed by atoms with Gasteiger partial charge in [-0.05, 0) is 43.3 Å². The van der Waals surface area contributed by atoms with E-state index in [-0.39, 0.29) is 5.95 Å². The maximum absolute atomic E-state index is 12.2. The number of carbonyl (C=O) groups is 1. The molecule has 3 aromatic rings. The lowest BCUT2D eigenvalue weighted by molar-refractivity contribution is -0.122. The molecular weight excluding hydrogens is 342 g/mol. The fourth-order valence-corrected chi connectivity index (χ4v) is 2.26. The van der Waals surface area contributed by atoms with E-state index in [0.29, 0.717) is 16.7 Å². The molecule has 0 aliphatic carbocycles. The number of ether oxygens (including phenoxy) is 1. The molecule has 3 rings (SSSR count). The maximum atomic E-state index is 12.2. The fourth-order valence-electron chi connectivity index (χ4n) is 2.08. The number of halogens is 1. The van der Waals surface area contributed by atoms with Gasteiger partial charge in [0.15, 0.2) is 6.10 Å². The van der Waals surface area contributed by atoms with E-state index in [2.05, 4.69) is 15.5 Å². The van der Waals surface area contributed by atoms with Crippen LogP contribution in [-0.4, -0.2) is 22.2 Å². The summed E-state index contributed by atoms with van der Waals surface area (Å²) in [5.41, 5.74) is 1.90. The highest BCUT2D eigenvalue weighted by atomic mass is 35.5. The second kappa shape index (κ2) is 7.36. The third-order valence-electron chi connectivity index (χ3n) is 3.47. The Kier molecular flexibility index (Phi) is 5.00. The van der Waals surface area contributed by atoms with Gasteiger partial charge in [0.05, 0.1) is 5.02 Å². The molecule has 0 fully saturated rings. The Bertz CT molecular complexity index is 877. The zero-order valence-corrected chi connectivity index (χ0v) is 14.4. The molecule has 1 aromatic heterocycles. The lowest BCUT2D eigenvalue weighted by Gasteiger charge is -2.14. The van der Waals surface area contributed by atoms with Gasteiger partial charge in [-0.3, -0.25) is 10.1 Å². The summed E-state index contributed by atoms with van der Waals surface area (Å²) in [5, 5.41) is 6.76. The van der Waals surface area contributed by atoms with Crippen molar-refractivity contribution in [3.63, 3.8) is 0 Å². The number of nitrogens with zero attached hydrogens (tertiary/aromatic N) is 2. The van der Waals surface area contributed by atoms with Crippen LogP contribution in [0.3, 0.4) is 0 Å². The standard InChI is InChI=1S/C18H16ClN3O3/c1-11-7-9-13(10-8-11)17-21-18(22-25-17)20-16(23)12(2)24-15-6-4-3-5-14(15)19/h3-10,12H,1-2H3,(H,20,22,23)/t12-/m1/s1. The van der Waals surface area contributed by atoms with Gasteiger partial charge in [0.2, 0.25) is 0 Å². The van der Waals surface area contributed by atoms with Gasteiger partial charge in [-0.25, -0.2) is 0 Å². The van der Waals surface area contributed by atoms with Crippen molar-refractivity contribution in [2.24, 2.45) is 0 Å². The molecule has 25 heavy (non-hydrogen) atoms. The molecule has 1 atom stereocenters. The molecule has 1 N–H and O–H groups in total. The summed E-state index contributed by atoms with van der Waals surface area (Å²) in [6.45, 7) is 3.60. The molecule has 0 bridgehead atoms. The zero-order chi connectivity index (χ0) is 17.8. The minimum atomic E-state index is -0.777. The molecule has 0 radical (unpaired) electrons. The first-order chi connectivity index (χ1) is 12.0. The highest BCUT2D eigenvalue weighted by molar-refractivity contribution is 6.32. The molecule has 128 valence electrons. The number of hydrogen-bond acceptors (Lipinski definition) is 5. The van der Waals surface area contributed by atoms with E-state index in [1.807, 2.05) is 31.2 Å². The normalized spacial score (nSPS) is 11.8. The van der Waals surface area contributed by atoms with Crippen molar-refractivity contribution in [2.45, 2.75) is 20.0 Å². The van der Waals surface area contributed by atoms with E-state index in [4.69, 9.17) is 20.9 Å². The smallest absolute Gasteiger partial charge is 0.270 e. The number of carbonyl (C=O) groups excluding carboxylic acids is 1. The Morgan fingerprint density at radius 2 is 1.92 bits per heavy atom. The molecular formula is C18H16ClN3O3. The van der Waals surface area contributed by atoms with Gasteiger partial charge in [0, 0.05) is 5.56 Å². The van der Waals surface area contributed by atoms with Crippen molar-refractivity contribution in [3.05, 3.63) is 59.1 Å². The van der Waals surface area contributed by atoms with Crippen LogP contribution in [0.4, 0.5) is 5.95 Å². The number of hydrogen-bond donors (Lipinski definition) is 1. The molecule has 7 heteroatoms. The summed E-state index contributed by atoms with van der Waals surface area (Å²) in [6.07, 6.45) is -0.777. The predicted octanol–water partition coefficient (Wildman–Crippen LogP) is 4.10. The second-order valence-electron chi connectivity index (χ2n) is 5.47. The van der Waals surface area contributed by atoms with Crippen LogP contribution in [0.25, 0.3) is 11.5 Å². The molecule has 2 aromatic carbocycles. The highest BCUT2D eigenvalue weighted by Gasteiger charge is 2.19. The van der Waals surface area contributed by atoms with Crippen molar-refractivity contribution < 1.29 is 14.1 Å². The molecule has 0 aliphatic heterocycles. The van der Waals surface area contributed by atoms with Crippen LogP contribution in [-0.2, 0) is 4.79 Å². The largest absolute Gasteiger partial charge is 0.479 e. The van der Waals surface area contributed by atoms with E-state index in [0.717, 1.165) is 11.1 Å². The Hall–Kier alpha value is -2.86. The monoisotopic (exact) mass is 357 g/mol. The summed E-state index contributed by atoms with van der Waals surface area (Å²) in [5.74, 6) is 0.432. The minimum Gasteiger partial charge on any atom is -0.479 e. The molecule has 0 spiro atoms. The molecule has 6 nitrogen and oxygen atoms in total. The van der Waals surface area contributed by atoms with Gasteiger partial charge in [-0.2, -0.15) is 4.98 Å². The first kappa shape index (κ1) is 17.0. The number of amides is 1. The van der Waals surface area contributed by atoms with Gasteiger partial charge >= 0.3 is 0 Å². The number of para-hydroxylation sites is 1. The fraction of sp³-hybridized carbons (Fsp3) is 0.167. The Morgan fingerprint density at radius 3 is 2.64 bits per heavy atom. The van der Waals surface area contributed by atoms with Crippen molar-refractivity contribution in [3.8, 4) is 17.2 Å². The molecule has 0 unspecified atom stereocenters. The summed E-state index contributed by atoms with van der Waals surface area (Å²) in [7, 11) is 0. The first-order valence-corrected chi connectivity index (χ1v) is 8.03. The van der Waals surface area contributed by atoms with Crippen molar-refractivity contribution in [1.82, 2.24) is 10.1 Å². The van der Waals surface area contributed by atoms with Gasteiger partial charge in [0.1, 0.15) is 5.75 Å². The van der Waals surface area contributed by atoms with Gasteiger partial charge < -0.3 is 9.26 Å². The van der Waals surface area contributed by atoms with Crippen molar-refractivity contribution >= 4 is 23.5 Å². The lowest BCUT2D eigenvalue weighted by Crippen LogP contribution is -2.30. The van der Waals surface area contributed by atoms with Crippen LogP contribution in [0.2, 0.25) is 5.02 Å². The Balaban J connectivity index is 1.65. The molecule has 1 heterocycles. The van der Waals surface area contributed by atoms with Crippen molar-refractivity contribution in [1.29, 1.82) is 0 Å². The minimum absolute atomic E-state index is 0.0789. The van der Waals surface area contributed by atoms with Crippen LogP contribution in [0.5, 0.6) is 5.75 Å². The van der Waals surface area contributed by atoms with Gasteiger partial charge in [-0.15, -0.1) is 0 Å². The molecule has 0 saturated carbocycles. The van der Waals surface area contributed by atoms with Gasteiger partial charge in [0.25, 0.3) is 17.7 Å². The average Bonchev–Trinajstić information content (AvgIpc) is 3.06. The second-order valence-corrected chi connectivity index (χ2v) is 5.88. The summed E-state index contributed by atoms with van der Waals surface area (Å²) in [6, 6.07) is 14.6. The van der Waals surface area contributed by atoms with Crippen LogP contribution in [0.1, 0.15) is 12.5 Å². The van der Waals surface area contributed by atoms with E-state index >= 15 is 0 Å². The number of aryl methyl sites for hydroxylation is 1. The van der Waals surface area contributed by atoms with Crippen LogP contribution in [0, 0.1) is 6.92 Å². The van der Waals surface area contributed by atoms with E-state index in [1.54, 1.807) is 31.2 Å². The third kappa shape index (κ3) is 4.16. The summed E-state index contributed by atoms with van der Waals surface area (Å²) < 4.78 is 10.7. The van der Waals surface area contributed by atoms with E-state index in [9.17, 15) is 4.79 Å². The number of benzene rings is 2. The van der Waals surface area contributed by atoms with Crippen LogP contribution in [0.15, 0.2) is 53.1 Å². The Labute approximate surface area is 149 Å². The topological polar surface area (TPSA) is 77.2 Å². The molecule has 0 saturated heterocycles. The SMILES string of the molecule is Cc1ccc(-c2nc(NC(=O)[C@@H](C)Oc3ccccc3Cl)no2)cc1. The van der Waals surface area contributed by atoms with E-state index < -0.39 is 12.0 Å². The number of aromatic nitrogens is 2. The quantitative estimate of drug-likeness (QED) is 0.743. The van der Waals surface area contributed by atoms with Crippen molar-refractivity contribution in [2.75, 3.05) is 5.32 Å². The summed E-state index contributed by atoms with van der Waals surface area (Å²) >= 11 is 6.02. The van der Waals surface area contributed by atoms with Gasteiger partial charge in [-0.1, -0.05) is 41.4 Å².